The summed E-state index contributed by atoms with van der Waals surface area (Å²) in [5.41, 5.74) is 5.77. The molecule has 9 heteroatoms. The van der Waals surface area contributed by atoms with Gasteiger partial charge in [0.1, 0.15) is 0 Å². The van der Waals surface area contributed by atoms with Crippen molar-refractivity contribution in [1.82, 2.24) is 5.43 Å². The molecule has 0 aliphatic heterocycles. The Morgan fingerprint density at radius 3 is 2.30 bits per heavy atom. The van der Waals surface area contributed by atoms with Crippen LogP contribution in [0.15, 0.2) is 71.8 Å². The molecule has 0 aromatic heterocycles. The van der Waals surface area contributed by atoms with Gasteiger partial charge in [0, 0.05) is 32.1 Å². The first kappa shape index (κ1) is 25.1. The minimum Gasteiger partial charge on any atom is -0.322 e. The van der Waals surface area contributed by atoms with E-state index in [4.69, 9.17) is 34.8 Å². The Labute approximate surface area is 211 Å². The number of nitrogens with one attached hydrogen (secondary N) is 2. The maximum Gasteiger partial charge on any atom is 0.255 e. The second-order valence-corrected chi connectivity index (χ2v) is 9.21. The first-order valence-corrected chi connectivity index (χ1v) is 12.1. The van der Waals surface area contributed by atoms with Crippen molar-refractivity contribution in [2.75, 3.05) is 11.1 Å². The molecule has 0 aliphatic rings. The summed E-state index contributed by atoms with van der Waals surface area (Å²) >= 11 is 19.6. The molecule has 0 heterocycles. The largest absolute Gasteiger partial charge is 0.322 e. The number of hydrogen-bond donors (Lipinski definition) is 2. The van der Waals surface area contributed by atoms with Gasteiger partial charge in [-0.05, 0) is 60.5 Å². The van der Waals surface area contributed by atoms with Crippen LogP contribution in [0.3, 0.4) is 0 Å². The molecule has 0 saturated heterocycles. The summed E-state index contributed by atoms with van der Waals surface area (Å²) < 4.78 is 0. The molecule has 3 aromatic carbocycles. The van der Waals surface area contributed by atoms with Gasteiger partial charge in [-0.25, -0.2) is 5.43 Å². The van der Waals surface area contributed by atoms with Gasteiger partial charge >= 0.3 is 0 Å². The normalized spacial score (nSPS) is 11.2. The number of carbonyl (C=O) groups is 2. The highest BCUT2D eigenvalue weighted by atomic mass is 35.5. The summed E-state index contributed by atoms with van der Waals surface area (Å²) in [6, 6.07) is 19.2. The van der Waals surface area contributed by atoms with E-state index in [0.717, 1.165) is 11.1 Å². The van der Waals surface area contributed by atoms with Crippen molar-refractivity contribution in [3.05, 3.63) is 98.5 Å². The molecule has 5 nitrogen and oxygen atoms in total. The van der Waals surface area contributed by atoms with Crippen LogP contribution in [0.1, 0.15) is 28.4 Å². The van der Waals surface area contributed by atoms with E-state index < -0.39 is 0 Å². The molecule has 33 heavy (non-hydrogen) atoms. The number of anilines is 1. The molecule has 2 amide bonds. The summed E-state index contributed by atoms with van der Waals surface area (Å²) in [5, 5.41) is 8.64. The number of halogens is 3. The van der Waals surface area contributed by atoms with E-state index in [9.17, 15) is 9.59 Å². The maximum atomic E-state index is 12.4. The monoisotopic (exact) mass is 519 g/mol. The molecule has 0 saturated carbocycles. The van der Waals surface area contributed by atoms with Gasteiger partial charge in [0.05, 0.1) is 11.5 Å². The Hall–Kier alpha value is -2.51. The van der Waals surface area contributed by atoms with Crippen LogP contribution in [0.5, 0.6) is 0 Å². The van der Waals surface area contributed by atoms with E-state index in [1.807, 2.05) is 6.07 Å². The van der Waals surface area contributed by atoms with Crippen molar-refractivity contribution in [3.8, 4) is 0 Å². The van der Waals surface area contributed by atoms with E-state index in [-0.39, 0.29) is 17.6 Å². The standard InChI is InChI=1S/C24H20Cl3N3O2S/c1-15(29-30-23(31)14-33-13-20-21(26)9-4-10-22(20)27)16-5-3-8-19(12-16)28-24(32)17-6-2-7-18(25)11-17/h2-12H,13-14H2,1H3,(H,28,32)(H,30,31)/b29-15-. The molecule has 0 fully saturated rings. The van der Waals surface area contributed by atoms with Crippen LogP contribution < -0.4 is 10.7 Å². The van der Waals surface area contributed by atoms with Crippen molar-refractivity contribution in [2.45, 2.75) is 12.7 Å². The zero-order valence-electron chi connectivity index (χ0n) is 17.6. The van der Waals surface area contributed by atoms with Gasteiger partial charge in [-0.1, -0.05) is 59.1 Å². The molecule has 3 rings (SSSR count). The molecule has 2 N–H and O–H groups in total. The van der Waals surface area contributed by atoms with Crippen LogP contribution in [-0.2, 0) is 10.5 Å². The van der Waals surface area contributed by atoms with Crippen LogP contribution in [-0.4, -0.2) is 23.3 Å². The van der Waals surface area contributed by atoms with Crippen LogP contribution in [0.2, 0.25) is 15.1 Å². The highest BCUT2D eigenvalue weighted by Crippen LogP contribution is 2.28. The Bertz CT molecular complexity index is 1180. The summed E-state index contributed by atoms with van der Waals surface area (Å²) in [7, 11) is 0. The van der Waals surface area contributed by atoms with Gasteiger partial charge in [-0.3, -0.25) is 9.59 Å². The molecule has 0 aliphatic carbocycles. The van der Waals surface area contributed by atoms with Crippen molar-refractivity contribution in [3.63, 3.8) is 0 Å². The van der Waals surface area contributed by atoms with Crippen molar-refractivity contribution < 1.29 is 9.59 Å². The molecule has 0 unspecified atom stereocenters. The Kier molecular flexibility index (Phi) is 9.21. The number of hydrogen-bond acceptors (Lipinski definition) is 4. The second kappa shape index (κ2) is 12.1. The Morgan fingerprint density at radius 1 is 0.909 bits per heavy atom. The van der Waals surface area contributed by atoms with E-state index in [2.05, 4.69) is 15.8 Å². The zero-order valence-corrected chi connectivity index (χ0v) is 20.7. The number of rotatable bonds is 8. The summed E-state index contributed by atoms with van der Waals surface area (Å²) in [4.78, 5) is 24.6. The molecule has 170 valence electrons. The van der Waals surface area contributed by atoms with Gasteiger partial charge in [-0.2, -0.15) is 5.10 Å². The molecular weight excluding hydrogens is 501 g/mol. The lowest BCUT2D eigenvalue weighted by atomic mass is 10.1. The zero-order chi connectivity index (χ0) is 23.8. The Morgan fingerprint density at radius 2 is 1.58 bits per heavy atom. The predicted octanol–water partition coefficient (Wildman–Crippen LogP) is 6.67. The molecule has 0 atom stereocenters. The fourth-order valence-corrected chi connectivity index (χ4v) is 4.56. The maximum absolute atomic E-state index is 12.4. The minimum absolute atomic E-state index is 0.202. The molecule has 0 bridgehead atoms. The molecule has 0 spiro atoms. The summed E-state index contributed by atoms with van der Waals surface area (Å²) in [6.07, 6.45) is 0. The van der Waals surface area contributed by atoms with Gasteiger partial charge in [0.2, 0.25) is 5.91 Å². The third-order valence-corrected chi connectivity index (χ3v) is 6.42. The van der Waals surface area contributed by atoms with Crippen LogP contribution in [0.25, 0.3) is 0 Å². The lowest BCUT2D eigenvalue weighted by Crippen LogP contribution is -2.21. The van der Waals surface area contributed by atoms with Crippen molar-refractivity contribution in [2.24, 2.45) is 5.10 Å². The van der Waals surface area contributed by atoms with Crippen molar-refractivity contribution in [1.29, 1.82) is 0 Å². The SMILES string of the molecule is C/C(=N/NC(=O)CSCc1c(Cl)cccc1Cl)c1cccc(NC(=O)c2cccc(Cl)c2)c1. The number of amides is 2. The summed E-state index contributed by atoms with van der Waals surface area (Å²) in [5.74, 6) is 0.206. The number of nitrogens with zero attached hydrogens (tertiary/aromatic N) is 1. The topological polar surface area (TPSA) is 70.6 Å². The summed E-state index contributed by atoms with van der Waals surface area (Å²) in [6.45, 7) is 1.77. The number of carbonyl (C=O) groups excluding carboxylic acids is 2. The average molecular weight is 521 g/mol. The number of thioether (sulfide) groups is 1. The van der Waals surface area contributed by atoms with Crippen LogP contribution in [0, 0.1) is 0 Å². The van der Waals surface area contributed by atoms with E-state index in [0.29, 0.717) is 37.8 Å². The lowest BCUT2D eigenvalue weighted by molar-refractivity contribution is -0.118. The smallest absolute Gasteiger partial charge is 0.255 e. The number of hydrazone groups is 1. The fraction of sp³-hybridized carbons (Fsp3) is 0.125. The first-order valence-electron chi connectivity index (χ1n) is 9.84. The van der Waals surface area contributed by atoms with Crippen LogP contribution in [0.4, 0.5) is 5.69 Å². The predicted molar refractivity (Wildman–Crippen MR) is 139 cm³/mol. The highest BCUT2D eigenvalue weighted by molar-refractivity contribution is 7.99. The fourth-order valence-electron chi connectivity index (χ4n) is 2.81. The van der Waals surface area contributed by atoms with E-state index in [1.165, 1.54) is 11.8 Å². The third kappa shape index (κ3) is 7.51. The Balaban J connectivity index is 1.54. The lowest BCUT2D eigenvalue weighted by Gasteiger charge is -2.08. The number of benzene rings is 3. The quantitative estimate of drug-likeness (QED) is 0.257. The first-order chi connectivity index (χ1) is 15.8. The van der Waals surface area contributed by atoms with Gasteiger partial charge in [0.15, 0.2) is 0 Å². The molecule has 0 radical (unpaired) electrons. The van der Waals surface area contributed by atoms with Crippen molar-refractivity contribution >= 4 is 69.8 Å². The minimum atomic E-state index is -0.270. The van der Waals surface area contributed by atoms with E-state index in [1.54, 1.807) is 67.6 Å². The van der Waals surface area contributed by atoms with Gasteiger partial charge in [-0.15, -0.1) is 11.8 Å². The van der Waals surface area contributed by atoms with Crippen LogP contribution >= 0.6 is 46.6 Å². The average Bonchev–Trinajstić information content (AvgIpc) is 2.79. The van der Waals surface area contributed by atoms with E-state index >= 15 is 0 Å². The van der Waals surface area contributed by atoms with Gasteiger partial charge < -0.3 is 5.32 Å². The molecule has 3 aromatic rings. The highest BCUT2D eigenvalue weighted by Gasteiger charge is 2.09. The third-order valence-electron chi connectivity index (χ3n) is 4.51. The second-order valence-electron chi connectivity index (χ2n) is 6.97. The molecular formula is C24H20Cl3N3O2S. The van der Waals surface area contributed by atoms with Gasteiger partial charge in [0.25, 0.3) is 5.91 Å².